The van der Waals surface area contributed by atoms with E-state index in [9.17, 15) is 0 Å². The molecule has 0 radical (unpaired) electrons. The van der Waals surface area contributed by atoms with Crippen molar-refractivity contribution in [3.05, 3.63) is 45.7 Å². The van der Waals surface area contributed by atoms with Crippen LogP contribution in [0.4, 0.5) is 0 Å². The SMILES string of the molecule is CCc1cc(CC)n(-c2cc(Br)ccc2/C(N)=N/O)n1. The predicted octanol–water partition coefficient (Wildman–Crippen LogP) is 2.85. The summed E-state index contributed by atoms with van der Waals surface area (Å²) in [5.41, 5.74) is 9.31. The van der Waals surface area contributed by atoms with E-state index in [1.165, 1.54) is 0 Å². The Labute approximate surface area is 126 Å². The van der Waals surface area contributed by atoms with Gasteiger partial charge < -0.3 is 10.9 Å². The van der Waals surface area contributed by atoms with Crippen molar-refractivity contribution in [2.24, 2.45) is 10.9 Å². The van der Waals surface area contributed by atoms with Gasteiger partial charge in [0.2, 0.25) is 0 Å². The smallest absolute Gasteiger partial charge is 0.172 e. The molecule has 3 N–H and O–H groups in total. The van der Waals surface area contributed by atoms with Crippen LogP contribution in [-0.2, 0) is 12.8 Å². The van der Waals surface area contributed by atoms with E-state index in [0.717, 1.165) is 34.4 Å². The van der Waals surface area contributed by atoms with Gasteiger partial charge in [0.1, 0.15) is 0 Å². The molecule has 5 nitrogen and oxygen atoms in total. The highest BCUT2D eigenvalue weighted by molar-refractivity contribution is 9.10. The second-order valence-corrected chi connectivity index (χ2v) is 5.31. The zero-order valence-electron chi connectivity index (χ0n) is 11.5. The van der Waals surface area contributed by atoms with E-state index >= 15 is 0 Å². The van der Waals surface area contributed by atoms with E-state index in [1.54, 1.807) is 6.07 Å². The third-order valence-corrected chi connectivity index (χ3v) is 3.62. The quantitative estimate of drug-likeness (QED) is 0.390. The van der Waals surface area contributed by atoms with Crippen LogP contribution in [0.25, 0.3) is 5.69 Å². The van der Waals surface area contributed by atoms with Crippen LogP contribution in [0.5, 0.6) is 0 Å². The number of aryl methyl sites for hydroxylation is 2. The molecule has 20 heavy (non-hydrogen) atoms. The molecule has 0 saturated heterocycles. The fourth-order valence-corrected chi connectivity index (χ4v) is 2.41. The summed E-state index contributed by atoms with van der Waals surface area (Å²) in [6, 6.07) is 7.66. The van der Waals surface area contributed by atoms with E-state index in [4.69, 9.17) is 10.9 Å². The Morgan fingerprint density at radius 1 is 1.35 bits per heavy atom. The fourth-order valence-electron chi connectivity index (χ4n) is 2.06. The zero-order valence-corrected chi connectivity index (χ0v) is 13.1. The van der Waals surface area contributed by atoms with Gasteiger partial charge in [0.25, 0.3) is 0 Å². The molecule has 1 heterocycles. The van der Waals surface area contributed by atoms with Gasteiger partial charge in [-0.25, -0.2) is 4.68 Å². The number of hydrogen-bond donors (Lipinski definition) is 2. The van der Waals surface area contributed by atoms with Gasteiger partial charge in [0, 0.05) is 15.7 Å². The number of nitrogens with two attached hydrogens (primary N) is 1. The molecule has 0 aliphatic heterocycles. The third-order valence-electron chi connectivity index (χ3n) is 3.13. The van der Waals surface area contributed by atoms with Gasteiger partial charge in [-0.15, -0.1) is 0 Å². The fraction of sp³-hybridized carbons (Fsp3) is 0.286. The highest BCUT2D eigenvalue weighted by atomic mass is 79.9. The molecule has 2 aromatic rings. The lowest BCUT2D eigenvalue weighted by Gasteiger charge is -2.11. The first-order valence-electron chi connectivity index (χ1n) is 6.46. The minimum Gasteiger partial charge on any atom is -0.409 e. The Bertz CT molecular complexity index is 649. The van der Waals surface area contributed by atoms with E-state index in [-0.39, 0.29) is 5.84 Å². The van der Waals surface area contributed by atoms with Crippen molar-refractivity contribution < 1.29 is 5.21 Å². The molecular weight excluding hydrogens is 320 g/mol. The lowest BCUT2D eigenvalue weighted by atomic mass is 10.1. The Hall–Kier alpha value is -1.82. The molecular formula is C14H17BrN4O. The summed E-state index contributed by atoms with van der Waals surface area (Å²) in [6.07, 6.45) is 1.72. The number of aromatic nitrogens is 2. The monoisotopic (exact) mass is 336 g/mol. The lowest BCUT2D eigenvalue weighted by molar-refractivity contribution is 0.318. The van der Waals surface area contributed by atoms with Gasteiger partial charge >= 0.3 is 0 Å². The van der Waals surface area contributed by atoms with E-state index in [2.05, 4.69) is 46.1 Å². The van der Waals surface area contributed by atoms with Crippen LogP contribution >= 0.6 is 15.9 Å². The maximum absolute atomic E-state index is 8.93. The molecule has 106 valence electrons. The molecule has 0 fully saturated rings. The minimum absolute atomic E-state index is 0.0723. The average Bonchev–Trinajstić information content (AvgIpc) is 2.89. The summed E-state index contributed by atoms with van der Waals surface area (Å²) in [6.45, 7) is 4.14. The molecule has 0 atom stereocenters. The van der Waals surface area contributed by atoms with Crippen LogP contribution in [0.15, 0.2) is 33.9 Å². The number of halogens is 1. The van der Waals surface area contributed by atoms with Crippen LogP contribution in [0.2, 0.25) is 0 Å². The van der Waals surface area contributed by atoms with Crippen molar-refractivity contribution in [2.45, 2.75) is 26.7 Å². The van der Waals surface area contributed by atoms with Gasteiger partial charge in [-0.05, 0) is 37.1 Å². The first-order chi connectivity index (χ1) is 9.60. The Kier molecular flexibility index (Phi) is 4.44. The summed E-state index contributed by atoms with van der Waals surface area (Å²) < 4.78 is 2.77. The van der Waals surface area contributed by atoms with Crippen LogP contribution in [0, 0.1) is 0 Å². The van der Waals surface area contributed by atoms with Gasteiger partial charge in [-0.2, -0.15) is 5.10 Å². The first-order valence-corrected chi connectivity index (χ1v) is 7.25. The molecule has 0 aliphatic rings. The topological polar surface area (TPSA) is 76.4 Å². The minimum atomic E-state index is 0.0723. The van der Waals surface area contributed by atoms with Crippen molar-refractivity contribution in [2.75, 3.05) is 0 Å². The number of rotatable bonds is 4. The highest BCUT2D eigenvalue weighted by Gasteiger charge is 2.14. The molecule has 0 amide bonds. The molecule has 0 aliphatic carbocycles. The second kappa shape index (κ2) is 6.09. The molecule has 1 aromatic carbocycles. The summed E-state index contributed by atoms with van der Waals surface area (Å²) in [5.74, 6) is 0.0723. The number of hydrogen-bond acceptors (Lipinski definition) is 3. The number of benzene rings is 1. The largest absolute Gasteiger partial charge is 0.409 e. The average molecular weight is 337 g/mol. The van der Waals surface area contributed by atoms with Crippen LogP contribution < -0.4 is 5.73 Å². The van der Waals surface area contributed by atoms with Crippen molar-refractivity contribution >= 4 is 21.8 Å². The van der Waals surface area contributed by atoms with Crippen molar-refractivity contribution in [3.63, 3.8) is 0 Å². The van der Waals surface area contributed by atoms with Crippen molar-refractivity contribution in [1.82, 2.24) is 9.78 Å². The summed E-state index contributed by atoms with van der Waals surface area (Å²) in [7, 11) is 0. The molecule has 6 heteroatoms. The highest BCUT2D eigenvalue weighted by Crippen LogP contribution is 2.22. The number of nitrogens with zero attached hydrogens (tertiary/aromatic N) is 3. The van der Waals surface area contributed by atoms with E-state index < -0.39 is 0 Å². The Balaban J connectivity index is 2.67. The molecule has 0 unspecified atom stereocenters. The molecule has 2 rings (SSSR count). The second-order valence-electron chi connectivity index (χ2n) is 4.39. The molecule has 0 spiro atoms. The number of amidine groups is 1. The van der Waals surface area contributed by atoms with Crippen LogP contribution in [0.3, 0.4) is 0 Å². The lowest BCUT2D eigenvalue weighted by Crippen LogP contribution is -2.17. The van der Waals surface area contributed by atoms with Gasteiger partial charge in [0.05, 0.1) is 11.4 Å². The summed E-state index contributed by atoms with van der Waals surface area (Å²) in [4.78, 5) is 0. The summed E-state index contributed by atoms with van der Waals surface area (Å²) in [5, 5.41) is 16.6. The number of oxime groups is 1. The predicted molar refractivity (Wildman–Crippen MR) is 82.5 cm³/mol. The normalized spacial score (nSPS) is 11.8. The van der Waals surface area contributed by atoms with E-state index in [0.29, 0.717) is 5.56 Å². The Morgan fingerprint density at radius 3 is 2.70 bits per heavy atom. The third kappa shape index (κ3) is 2.70. The summed E-state index contributed by atoms with van der Waals surface area (Å²) >= 11 is 3.45. The van der Waals surface area contributed by atoms with Gasteiger partial charge in [0.15, 0.2) is 5.84 Å². The molecule has 0 bridgehead atoms. The molecule has 1 aromatic heterocycles. The first kappa shape index (κ1) is 14.6. The van der Waals surface area contributed by atoms with Crippen LogP contribution in [-0.4, -0.2) is 20.8 Å². The van der Waals surface area contributed by atoms with Gasteiger partial charge in [-0.3, -0.25) is 0 Å². The standard InChI is InChI=1S/C14H17BrN4O/c1-3-10-8-11(4-2)19(17-10)13-7-9(15)5-6-12(13)14(16)18-20/h5-8,20H,3-4H2,1-2H3,(H2,16,18). The van der Waals surface area contributed by atoms with Gasteiger partial charge in [-0.1, -0.05) is 34.9 Å². The Morgan fingerprint density at radius 2 is 2.10 bits per heavy atom. The molecule has 0 saturated carbocycles. The van der Waals surface area contributed by atoms with Crippen molar-refractivity contribution in [3.8, 4) is 5.69 Å². The van der Waals surface area contributed by atoms with E-state index in [1.807, 2.05) is 16.8 Å². The van der Waals surface area contributed by atoms with Crippen molar-refractivity contribution in [1.29, 1.82) is 0 Å². The maximum atomic E-state index is 8.93. The van der Waals surface area contributed by atoms with Crippen LogP contribution in [0.1, 0.15) is 30.8 Å². The maximum Gasteiger partial charge on any atom is 0.172 e. The zero-order chi connectivity index (χ0) is 14.7.